The molecular weight excluding hydrogens is 102 g/mol. The molecule has 0 saturated carbocycles. The van der Waals surface area contributed by atoms with Gasteiger partial charge in [0.05, 0.1) is 6.73 Å². The fraction of sp³-hybridized carbons (Fsp3) is 1.00. The molecule has 1 heterocycles. The number of hydrogen-bond acceptors (Lipinski definition) is 2. The first-order chi connectivity index (χ1) is 3.84. The van der Waals surface area contributed by atoms with E-state index in [1.807, 2.05) is 0 Å². The highest BCUT2D eigenvalue weighted by molar-refractivity contribution is 4.71. The van der Waals surface area contributed by atoms with Gasteiger partial charge in [0.15, 0.2) is 0 Å². The van der Waals surface area contributed by atoms with Gasteiger partial charge in [-0.25, -0.2) is 0 Å². The van der Waals surface area contributed by atoms with E-state index in [4.69, 9.17) is 5.11 Å². The molecule has 0 amide bonds. The van der Waals surface area contributed by atoms with Gasteiger partial charge in [0.2, 0.25) is 0 Å². The Labute approximate surface area is 50.1 Å². The SMILES string of the molecule is C[C@@H]1CCCN1CO. The quantitative estimate of drug-likeness (QED) is 0.535. The molecule has 2 nitrogen and oxygen atoms in total. The predicted octanol–water partition coefficient (Wildman–Crippen LogP) is 0.421. The van der Waals surface area contributed by atoms with Crippen molar-refractivity contribution >= 4 is 0 Å². The van der Waals surface area contributed by atoms with Gasteiger partial charge in [-0.3, -0.25) is 4.90 Å². The average molecular weight is 115 g/mol. The van der Waals surface area contributed by atoms with Crippen molar-refractivity contribution in [1.82, 2.24) is 4.90 Å². The third-order valence-electron chi connectivity index (χ3n) is 1.87. The summed E-state index contributed by atoms with van der Waals surface area (Å²) >= 11 is 0. The van der Waals surface area contributed by atoms with Crippen LogP contribution >= 0.6 is 0 Å². The van der Waals surface area contributed by atoms with Crippen LogP contribution in [0.3, 0.4) is 0 Å². The van der Waals surface area contributed by atoms with E-state index in [-0.39, 0.29) is 6.73 Å². The maximum Gasteiger partial charge on any atom is 0.0958 e. The van der Waals surface area contributed by atoms with Crippen LogP contribution in [-0.2, 0) is 0 Å². The van der Waals surface area contributed by atoms with Crippen LogP contribution in [0.2, 0.25) is 0 Å². The highest BCUT2D eigenvalue weighted by atomic mass is 16.3. The van der Waals surface area contributed by atoms with Crippen molar-refractivity contribution < 1.29 is 5.11 Å². The normalized spacial score (nSPS) is 31.5. The lowest BCUT2D eigenvalue weighted by atomic mass is 10.2. The van der Waals surface area contributed by atoms with Crippen molar-refractivity contribution in [2.45, 2.75) is 25.8 Å². The fourth-order valence-corrected chi connectivity index (χ4v) is 1.20. The molecule has 1 aliphatic heterocycles. The second-order valence-electron chi connectivity index (χ2n) is 2.45. The molecule has 1 atom stereocenters. The molecule has 0 radical (unpaired) electrons. The van der Waals surface area contributed by atoms with Crippen LogP contribution in [0.5, 0.6) is 0 Å². The molecule has 0 aliphatic carbocycles. The van der Waals surface area contributed by atoms with E-state index in [0.717, 1.165) is 6.54 Å². The van der Waals surface area contributed by atoms with E-state index < -0.39 is 0 Å². The Kier molecular flexibility index (Phi) is 1.86. The van der Waals surface area contributed by atoms with Crippen LogP contribution in [0.1, 0.15) is 19.8 Å². The third-order valence-corrected chi connectivity index (χ3v) is 1.87. The Morgan fingerprint density at radius 1 is 1.75 bits per heavy atom. The van der Waals surface area contributed by atoms with E-state index in [9.17, 15) is 0 Å². The van der Waals surface area contributed by atoms with Crippen molar-refractivity contribution in [3.05, 3.63) is 0 Å². The molecule has 0 spiro atoms. The first-order valence-electron chi connectivity index (χ1n) is 3.19. The molecule has 0 aromatic rings. The maximum atomic E-state index is 8.66. The zero-order chi connectivity index (χ0) is 5.98. The molecule has 1 rings (SSSR count). The molecule has 1 saturated heterocycles. The minimum atomic E-state index is 0.237. The number of likely N-dealkylation sites (tertiary alicyclic amines) is 1. The maximum absolute atomic E-state index is 8.66. The highest BCUT2D eigenvalue weighted by Crippen LogP contribution is 2.14. The molecule has 48 valence electrons. The van der Waals surface area contributed by atoms with E-state index in [1.54, 1.807) is 0 Å². The summed E-state index contributed by atoms with van der Waals surface area (Å²) in [4.78, 5) is 2.08. The van der Waals surface area contributed by atoms with Crippen molar-refractivity contribution in [3.8, 4) is 0 Å². The molecule has 8 heavy (non-hydrogen) atoms. The summed E-state index contributed by atoms with van der Waals surface area (Å²) in [5.41, 5.74) is 0. The molecule has 0 unspecified atom stereocenters. The van der Waals surface area contributed by atoms with Crippen LogP contribution in [0.15, 0.2) is 0 Å². The molecule has 1 N–H and O–H groups in total. The Morgan fingerprint density at radius 2 is 2.50 bits per heavy atom. The van der Waals surface area contributed by atoms with E-state index in [0.29, 0.717) is 6.04 Å². The van der Waals surface area contributed by atoms with Crippen molar-refractivity contribution in [2.75, 3.05) is 13.3 Å². The predicted molar refractivity (Wildman–Crippen MR) is 32.5 cm³/mol. The molecular formula is C6H13NO. The number of rotatable bonds is 1. The van der Waals surface area contributed by atoms with Gasteiger partial charge in [-0.15, -0.1) is 0 Å². The van der Waals surface area contributed by atoms with Gasteiger partial charge >= 0.3 is 0 Å². The lowest BCUT2D eigenvalue weighted by molar-refractivity contribution is 0.103. The highest BCUT2D eigenvalue weighted by Gasteiger charge is 2.17. The Morgan fingerprint density at radius 3 is 2.75 bits per heavy atom. The Bertz CT molecular complexity index is 74.9. The second kappa shape index (κ2) is 2.46. The van der Waals surface area contributed by atoms with E-state index in [1.165, 1.54) is 12.8 Å². The summed E-state index contributed by atoms with van der Waals surface area (Å²) < 4.78 is 0. The van der Waals surface area contributed by atoms with Gasteiger partial charge in [-0.05, 0) is 19.8 Å². The van der Waals surface area contributed by atoms with Crippen LogP contribution in [0.25, 0.3) is 0 Å². The molecule has 0 aromatic heterocycles. The molecule has 1 aliphatic rings. The Hall–Kier alpha value is -0.0800. The number of hydrogen-bond donors (Lipinski definition) is 1. The lowest BCUT2D eigenvalue weighted by Gasteiger charge is -2.16. The minimum Gasteiger partial charge on any atom is -0.381 e. The lowest BCUT2D eigenvalue weighted by Crippen LogP contribution is -2.27. The van der Waals surface area contributed by atoms with Crippen LogP contribution in [0.4, 0.5) is 0 Å². The van der Waals surface area contributed by atoms with Crippen molar-refractivity contribution in [2.24, 2.45) is 0 Å². The first kappa shape index (κ1) is 6.05. The van der Waals surface area contributed by atoms with E-state index in [2.05, 4.69) is 11.8 Å². The van der Waals surface area contributed by atoms with Crippen LogP contribution in [0, 0.1) is 0 Å². The third kappa shape index (κ3) is 1.01. The second-order valence-corrected chi connectivity index (χ2v) is 2.45. The zero-order valence-electron chi connectivity index (χ0n) is 5.30. The summed E-state index contributed by atoms with van der Waals surface area (Å²) in [6.45, 7) is 3.47. The topological polar surface area (TPSA) is 23.5 Å². The standard InChI is InChI=1S/C6H13NO/c1-6-3-2-4-7(6)5-8/h6,8H,2-5H2,1H3/t6-/m1/s1. The zero-order valence-corrected chi connectivity index (χ0v) is 5.30. The van der Waals surface area contributed by atoms with Crippen molar-refractivity contribution in [1.29, 1.82) is 0 Å². The van der Waals surface area contributed by atoms with Crippen LogP contribution < -0.4 is 0 Å². The number of nitrogens with zero attached hydrogens (tertiary/aromatic N) is 1. The average Bonchev–Trinajstić information content (AvgIpc) is 2.14. The Balaban J connectivity index is 2.30. The van der Waals surface area contributed by atoms with Gasteiger partial charge in [0, 0.05) is 12.6 Å². The summed E-state index contributed by atoms with van der Waals surface area (Å²) in [5.74, 6) is 0. The molecule has 2 heteroatoms. The summed E-state index contributed by atoms with van der Waals surface area (Å²) in [7, 11) is 0. The van der Waals surface area contributed by atoms with Crippen molar-refractivity contribution in [3.63, 3.8) is 0 Å². The molecule has 1 fully saturated rings. The largest absolute Gasteiger partial charge is 0.381 e. The van der Waals surface area contributed by atoms with Gasteiger partial charge in [-0.1, -0.05) is 0 Å². The van der Waals surface area contributed by atoms with Gasteiger partial charge in [0.1, 0.15) is 0 Å². The number of aliphatic hydroxyl groups is 1. The fourth-order valence-electron chi connectivity index (χ4n) is 1.20. The van der Waals surface area contributed by atoms with Gasteiger partial charge < -0.3 is 5.11 Å². The molecule has 0 bridgehead atoms. The monoisotopic (exact) mass is 115 g/mol. The smallest absolute Gasteiger partial charge is 0.0958 e. The van der Waals surface area contributed by atoms with Gasteiger partial charge in [-0.2, -0.15) is 0 Å². The first-order valence-corrected chi connectivity index (χ1v) is 3.19. The summed E-state index contributed by atoms with van der Waals surface area (Å²) in [6.07, 6.45) is 2.50. The number of aliphatic hydroxyl groups excluding tert-OH is 1. The summed E-state index contributed by atoms with van der Waals surface area (Å²) in [5, 5.41) is 8.66. The van der Waals surface area contributed by atoms with E-state index >= 15 is 0 Å². The minimum absolute atomic E-state index is 0.237. The summed E-state index contributed by atoms with van der Waals surface area (Å²) in [6, 6.07) is 0.611. The molecule has 0 aromatic carbocycles. The van der Waals surface area contributed by atoms with Gasteiger partial charge in [0.25, 0.3) is 0 Å². The van der Waals surface area contributed by atoms with Crippen LogP contribution in [-0.4, -0.2) is 29.3 Å².